The molecule has 0 atom stereocenters. The van der Waals surface area contributed by atoms with E-state index in [-0.39, 0.29) is 5.41 Å². The molecule has 0 nitrogen and oxygen atoms in total. The smallest absolute Gasteiger partial charge is 0.0435 e. The van der Waals surface area contributed by atoms with Crippen LogP contribution < -0.4 is 0 Å². The third kappa shape index (κ3) is 5.00. The van der Waals surface area contributed by atoms with Gasteiger partial charge in [-0.25, -0.2) is 0 Å². The highest BCUT2D eigenvalue weighted by atomic mass is 14.4. The molecule has 6 aromatic rings. The van der Waals surface area contributed by atoms with Gasteiger partial charge in [0, 0.05) is 5.41 Å². The molecule has 0 radical (unpaired) electrons. The molecule has 0 saturated carbocycles. The van der Waals surface area contributed by atoms with Crippen LogP contribution >= 0.6 is 0 Å². The average molecular weight is 533 g/mol. The van der Waals surface area contributed by atoms with E-state index in [1.54, 1.807) is 0 Å². The van der Waals surface area contributed by atoms with E-state index in [0.717, 1.165) is 6.42 Å². The molecule has 204 valence electrons. The van der Waals surface area contributed by atoms with Gasteiger partial charge in [-0.2, -0.15) is 0 Å². The molecule has 0 aromatic heterocycles. The number of hydrogen-bond acceptors (Lipinski definition) is 0. The maximum Gasteiger partial charge on any atom is 0.0435 e. The van der Waals surface area contributed by atoms with Gasteiger partial charge in [0.15, 0.2) is 0 Å². The quantitative estimate of drug-likeness (QED) is 0.197. The van der Waals surface area contributed by atoms with Crippen LogP contribution in [0.2, 0.25) is 0 Å². The third-order valence-corrected chi connectivity index (χ3v) is 8.25. The molecular weight excluding hydrogens is 492 g/mol. The van der Waals surface area contributed by atoms with E-state index in [4.69, 9.17) is 0 Å². The Labute approximate surface area is 246 Å². The molecule has 0 heterocycles. The Morgan fingerprint density at radius 3 is 1.37 bits per heavy atom. The first-order valence-electron chi connectivity index (χ1n) is 15.1. The summed E-state index contributed by atoms with van der Waals surface area (Å²) in [5, 5.41) is 2.60. The summed E-state index contributed by atoms with van der Waals surface area (Å²) in [6, 6.07) is 50.5. The van der Waals surface area contributed by atoms with Crippen molar-refractivity contribution in [3.8, 4) is 22.3 Å². The Bertz CT molecular complexity index is 1680. The molecule has 2 aliphatic rings. The van der Waals surface area contributed by atoms with Crippen molar-refractivity contribution in [1.29, 1.82) is 0 Å². The van der Waals surface area contributed by atoms with Gasteiger partial charge < -0.3 is 0 Å². The number of hydrogen-bond donors (Lipinski definition) is 0. The first-order chi connectivity index (χ1) is 20.2. The third-order valence-electron chi connectivity index (χ3n) is 8.25. The van der Waals surface area contributed by atoms with Gasteiger partial charge in [-0.1, -0.05) is 161 Å². The van der Waals surface area contributed by atoms with Gasteiger partial charge in [0.25, 0.3) is 0 Å². The van der Waals surface area contributed by atoms with Crippen LogP contribution in [0, 0.1) is 0 Å². The van der Waals surface area contributed by atoms with Crippen LogP contribution in [0.4, 0.5) is 0 Å². The minimum Gasteiger partial charge on any atom is -0.0683 e. The Morgan fingerprint density at radius 2 is 0.829 bits per heavy atom. The molecule has 6 aromatic carbocycles. The van der Waals surface area contributed by atoms with Crippen LogP contribution in [0.3, 0.4) is 0 Å². The second kappa shape index (κ2) is 12.4. The zero-order chi connectivity index (χ0) is 28.8. The molecule has 0 saturated heterocycles. The SMILES string of the molecule is CC.CC.CC1(c2ccc3ccccc3c2)c2ccccc2-c2ccccc21.c1ccc2c(c1)Cc1ccccc1-2. The van der Waals surface area contributed by atoms with Crippen LogP contribution in [0.25, 0.3) is 33.0 Å². The lowest BCUT2D eigenvalue weighted by molar-refractivity contribution is 0.715. The van der Waals surface area contributed by atoms with Gasteiger partial charge in [-0.3, -0.25) is 0 Å². The van der Waals surface area contributed by atoms with Crippen molar-refractivity contribution in [2.75, 3.05) is 0 Å². The number of benzene rings is 6. The lowest BCUT2D eigenvalue weighted by atomic mass is 9.74. The summed E-state index contributed by atoms with van der Waals surface area (Å²) in [6.07, 6.45) is 1.10. The molecule has 0 heteroatoms. The van der Waals surface area contributed by atoms with E-state index in [9.17, 15) is 0 Å². The van der Waals surface area contributed by atoms with Gasteiger partial charge in [0.05, 0.1) is 0 Å². The maximum atomic E-state index is 2.36. The summed E-state index contributed by atoms with van der Waals surface area (Å²) in [7, 11) is 0. The first kappa shape index (κ1) is 28.1. The van der Waals surface area contributed by atoms with Crippen molar-refractivity contribution in [1.82, 2.24) is 0 Å². The van der Waals surface area contributed by atoms with Gasteiger partial charge in [-0.05, 0) is 80.3 Å². The van der Waals surface area contributed by atoms with Crippen molar-refractivity contribution in [2.45, 2.75) is 46.5 Å². The minimum atomic E-state index is -0.1000. The maximum absolute atomic E-state index is 2.36. The van der Waals surface area contributed by atoms with Gasteiger partial charge >= 0.3 is 0 Å². The molecular formula is C41H40. The molecule has 2 aliphatic carbocycles. The molecule has 0 aliphatic heterocycles. The van der Waals surface area contributed by atoms with Crippen molar-refractivity contribution >= 4 is 10.8 Å². The Balaban J connectivity index is 0.000000168. The molecule has 0 spiro atoms. The molecule has 0 amide bonds. The molecule has 0 fully saturated rings. The fraction of sp³-hybridized carbons (Fsp3) is 0.171. The highest BCUT2D eigenvalue weighted by molar-refractivity contribution is 5.87. The van der Waals surface area contributed by atoms with Crippen LogP contribution in [-0.2, 0) is 11.8 Å². The normalized spacial score (nSPS) is 12.6. The fourth-order valence-electron chi connectivity index (χ4n) is 6.34. The second-order valence-electron chi connectivity index (χ2n) is 10.3. The molecule has 0 unspecified atom stereocenters. The zero-order valence-electron chi connectivity index (χ0n) is 25.0. The zero-order valence-corrected chi connectivity index (χ0v) is 25.0. The molecule has 8 rings (SSSR count). The molecule has 41 heavy (non-hydrogen) atoms. The Kier molecular flexibility index (Phi) is 8.50. The van der Waals surface area contributed by atoms with Crippen LogP contribution in [0.5, 0.6) is 0 Å². The summed E-state index contributed by atoms with van der Waals surface area (Å²) in [5.74, 6) is 0. The van der Waals surface area contributed by atoms with Gasteiger partial charge in [-0.15, -0.1) is 0 Å². The monoisotopic (exact) mass is 532 g/mol. The van der Waals surface area contributed by atoms with Crippen LogP contribution in [0.1, 0.15) is 62.4 Å². The summed E-state index contributed by atoms with van der Waals surface area (Å²) in [6.45, 7) is 10.4. The molecule has 0 bridgehead atoms. The summed E-state index contributed by atoms with van der Waals surface area (Å²) < 4.78 is 0. The summed E-state index contributed by atoms with van der Waals surface area (Å²) >= 11 is 0. The Morgan fingerprint density at radius 1 is 0.415 bits per heavy atom. The largest absolute Gasteiger partial charge is 0.0683 e. The van der Waals surface area contributed by atoms with Gasteiger partial charge in [0.1, 0.15) is 0 Å². The van der Waals surface area contributed by atoms with Crippen LogP contribution in [-0.4, -0.2) is 0 Å². The predicted molar refractivity (Wildman–Crippen MR) is 179 cm³/mol. The minimum absolute atomic E-state index is 0.1000. The van der Waals surface area contributed by atoms with Crippen molar-refractivity contribution in [2.24, 2.45) is 0 Å². The van der Waals surface area contributed by atoms with Gasteiger partial charge in [0.2, 0.25) is 0 Å². The standard InChI is InChI=1S/C24H18.C13H10.2C2H6/c1-24(19-15-14-17-8-2-3-9-18(17)16-19)22-12-6-4-10-20(22)21-11-5-7-13-23(21)24;1-3-7-12-10(5-1)9-11-6-2-4-8-13(11)12;2*1-2/h2-16H,1H3;1-8H,9H2;2*1-2H3. The highest BCUT2D eigenvalue weighted by Gasteiger charge is 2.40. The lowest BCUT2D eigenvalue weighted by Crippen LogP contribution is -2.22. The highest BCUT2D eigenvalue weighted by Crippen LogP contribution is 2.52. The van der Waals surface area contributed by atoms with E-state index in [1.165, 1.54) is 60.8 Å². The van der Waals surface area contributed by atoms with E-state index in [0.29, 0.717) is 0 Å². The first-order valence-corrected chi connectivity index (χ1v) is 15.1. The lowest BCUT2D eigenvalue weighted by Gasteiger charge is -2.28. The number of fused-ring (bicyclic) bond motifs is 7. The predicted octanol–water partition coefficient (Wildman–Crippen LogP) is 11.5. The fourth-order valence-corrected chi connectivity index (χ4v) is 6.34. The van der Waals surface area contributed by atoms with E-state index < -0.39 is 0 Å². The van der Waals surface area contributed by atoms with E-state index in [2.05, 4.69) is 146 Å². The summed E-state index contributed by atoms with van der Waals surface area (Å²) in [5.41, 5.74) is 12.6. The van der Waals surface area contributed by atoms with E-state index >= 15 is 0 Å². The Hall–Kier alpha value is -4.42. The second-order valence-corrected chi connectivity index (χ2v) is 10.3. The molecule has 0 N–H and O–H groups in total. The summed E-state index contributed by atoms with van der Waals surface area (Å²) in [4.78, 5) is 0. The van der Waals surface area contributed by atoms with Crippen LogP contribution in [0.15, 0.2) is 140 Å². The van der Waals surface area contributed by atoms with E-state index in [1.807, 2.05) is 27.7 Å². The number of rotatable bonds is 1. The topological polar surface area (TPSA) is 0 Å². The van der Waals surface area contributed by atoms with Crippen molar-refractivity contribution in [3.63, 3.8) is 0 Å². The average Bonchev–Trinajstić information content (AvgIpc) is 3.57. The van der Waals surface area contributed by atoms with Crippen molar-refractivity contribution in [3.05, 3.63) is 167 Å². The van der Waals surface area contributed by atoms with Crippen molar-refractivity contribution < 1.29 is 0 Å².